The van der Waals surface area contributed by atoms with Gasteiger partial charge in [0.1, 0.15) is 12.9 Å². The normalized spacial score (nSPS) is 11.8. The maximum Gasteiger partial charge on any atom is 0.326 e. The van der Waals surface area contributed by atoms with Crippen LogP contribution in [0.1, 0.15) is 0 Å². The molecule has 0 amide bonds. The lowest BCUT2D eigenvalue weighted by molar-refractivity contribution is -0.384. The number of halogens is 1. The fourth-order valence-electron chi connectivity index (χ4n) is 1.11. The first-order chi connectivity index (χ1) is 7.79. The molecule has 1 aromatic rings. The number of ether oxygens (including phenoxy) is 1. The first kappa shape index (κ1) is 14.1. The van der Waals surface area contributed by atoms with E-state index in [1.165, 1.54) is 10.9 Å². The van der Waals surface area contributed by atoms with Crippen molar-refractivity contribution >= 4 is 25.4 Å². The molecular formula is C9H16ClN3O3Si. The summed E-state index contributed by atoms with van der Waals surface area (Å²) in [4.78, 5) is 9.97. The van der Waals surface area contributed by atoms with Crippen molar-refractivity contribution in [1.82, 2.24) is 9.78 Å². The Hall–Kier alpha value is -0.923. The van der Waals surface area contributed by atoms with Crippen molar-refractivity contribution in [1.29, 1.82) is 0 Å². The fraction of sp³-hybridized carbons (Fsp3) is 0.667. The molecule has 0 aliphatic heterocycles. The van der Waals surface area contributed by atoms with E-state index in [4.69, 9.17) is 16.3 Å². The van der Waals surface area contributed by atoms with Crippen LogP contribution in [0.15, 0.2) is 6.20 Å². The second kappa shape index (κ2) is 5.61. The van der Waals surface area contributed by atoms with E-state index < -0.39 is 13.0 Å². The second-order valence-corrected chi connectivity index (χ2v) is 10.9. The van der Waals surface area contributed by atoms with Gasteiger partial charge in [0, 0.05) is 14.7 Å². The van der Waals surface area contributed by atoms with E-state index in [9.17, 15) is 10.1 Å². The van der Waals surface area contributed by atoms with Gasteiger partial charge in [-0.2, -0.15) is 5.10 Å². The summed E-state index contributed by atoms with van der Waals surface area (Å²) in [6.45, 7) is 7.60. The van der Waals surface area contributed by atoms with Gasteiger partial charge in [-0.3, -0.25) is 10.1 Å². The average molecular weight is 278 g/mol. The highest BCUT2D eigenvalue weighted by molar-refractivity contribution is 6.76. The molecule has 17 heavy (non-hydrogen) atoms. The number of nitro groups is 1. The Balaban J connectivity index is 2.43. The summed E-state index contributed by atoms with van der Waals surface area (Å²) in [5, 5.41) is 14.2. The summed E-state index contributed by atoms with van der Waals surface area (Å²) in [6, 6.07) is 1.05. The summed E-state index contributed by atoms with van der Waals surface area (Å²) < 4.78 is 6.74. The molecule has 0 saturated carbocycles. The van der Waals surface area contributed by atoms with Gasteiger partial charge in [0.25, 0.3) is 0 Å². The van der Waals surface area contributed by atoms with Crippen LogP contribution in [-0.4, -0.2) is 29.4 Å². The van der Waals surface area contributed by atoms with Crippen molar-refractivity contribution in [3.05, 3.63) is 21.5 Å². The Morgan fingerprint density at radius 2 is 2.24 bits per heavy atom. The standard InChI is InChI=1S/C9H16ClN3O3Si/c1-17(2,3)5-4-16-7-12-6-8(13(14)15)9(10)11-12/h6H,4-5,7H2,1-3H3. The first-order valence-electron chi connectivity index (χ1n) is 5.25. The molecule has 0 atom stereocenters. The highest BCUT2D eigenvalue weighted by atomic mass is 35.5. The minimum absolute atomic E-state index is 0.108. The number of hydrogen-bond acceptors (Lipinski definition) is 4. The molecule has 0 aliphatic carbocycles. The predicted octanol–water partition coefficient (Wildman–Crippen LogP) is 2.76. The van der Waals surface area contributed by atoms with Crippen molar-refractivity contribution in [2.24, 2.45) is 0 Å². The first-order valence-corrected chi connectivity index (χ1v) is 9.33. The number of aromatic nitrogens is 2. The number of hydrogen-bond donors (Lipinski definition) is 0. The van der Waals surface area contributed by atoms with Crippen LogP contribution >= 0.6 is 11.6 Å². The van der Waals surface area contributed by atoms with Crippen molar-refractivity contribution in [3.8, 4) is 0 Å². The van der Waals surface area contributed by atoms with Gasteiger partial charge in [-0.05, 0) is 6.04 Å². The topological polar surface area (TPSA) is 70.2 Å². The minimum atomic E-state index is -1.11. The SMILES string of the molecule is C[Si](C)(C)CCOCn1cc([N+](=O)[O-])c(Cl)n1. The molecular weight excluding hydrogens is 262 g/mol. The highest BCUT2D eigenvalue weighted by Crippen LogP contribution is 2.21. The van der Waals surface area contributed by atoms with Gasteiger partial charge < -0.3 is 4.74 Å². The lowest BCUT2D eigenvalue weighted by Crippen LogP contribution is -2.22. The molecule has 0 aromatic carbocycles. The third-order valence-electron chi connectivity index (χ3n) is 2.12. The zero-order chi connectivity index (χ0) is 13.1. The molecule has 1 heterocycles. The van der Waals surface area contributed by atoms with Crippen LogP contribution in [0, 0.1) is 10.1 Å². The summed E-state index contributed by atoms with van der Waals surface area (Å²) in [6.07, 6.45) is 1.27. The number of rotatable bonds is 6. The quantitative estimate of drug-likeness (QED) is 0.347. The van der Waals surface area contributed by atoms with Crippen LogP contribution in [0.3, 0.4) is 0 Å². The summed E-state index contributed by atoms with van der Waals surface area (Å²) in [5.41, 5.74) is -0.194. The summed E-state index contributed by atoms with van der Waals surface area (Å²) in [7, 11) is -1.11. The van der Waals surface area contributed by atoms with E-state index in [-0.39, 0.29) is 17.6 Å². The second-order valence-electron chi connectivity index (χ2n) is 4.95. The zero-order valence-electron chi connectivity index (χ0n) is 10.1. The van der Waals surface area contributed by atoms with Crippen LogP contribution in [0.5, 0.6) is 0 Å². The van der Waals surface area contributed by atoms with Gasteiger partial charge in [-0.15, -0.1) is 0 Å². The molecule has 6 nitrogen and oxygen atoms in total. The van der Waals surface area contributed by atoms with Crippen molar-refractivity contribution in [2.75, 3.05) is 6.61 Å². The van der Waals surface area contributed by atoms with Crippen molar-refractivity contribution < 1.29 is 9.66 Å². The highest BCUT2D eigenvalue weighted by Gasteiger charge is 2.17. The Bertz CT molecular complexity index is 403. The lowest BCUT2D eigenvalue weighted by Gasteiger charge is -2.15. The fourth-order valence-corrected chi connectivity index (χ4v) is 2.08. The third-order valence-corrected chi connectivity index (χ3v) is 4.09. The molecule has 0 spiro atoms. The maximum atomic E-state index is 10.5. The molecule has 1 aromatic heterocycles. The van der Waals surface area contributed by atoms with E-state index >= 15 is 0 Å². The molecule has 0 N–H and O–H groups in total. The molecule has 0 bridgehead atoms. The molecule has 0 fully saturated rings. The van der Waals surface area contributed by atoms with Gasteiger partial charge in [0.15, 0.2) is 0 Å². The van der Waals surface area contributed by atoms with E-state index in [2.05, 4.69) is 24.7 Å². The Morgan fingerprint density at radius 1 is 1.59 bits per heavy atom. The van der Waals surface area contributed by atoms with Crippen LogP contribution in [0.2, 0.25) is 30.8 Å². The molecule has 96 valence electrons. The largest absolute Gasteiger partial charge is 0.360 e. The van der Waals surface area contributed by atoms with Gasteiger partial charge in [0.2, 0.25) is 5.15 Å². The maximum absolute atomic E-state index is 10.5. The van der Waals surface area contributed by atoms with E-state index in [1.807, 2.05) is 0 Å². The van der Waals surface area contributed by atoms with Crippen LogP contribution in [0.4, 0.5) is 5.69 Å². The minimum Gasteiger partial charge on any atom is -0.360 e. The zero-order valence-corrected chi connectivity index (χ0v) is 11.9. The predicted molar refractivity (Wildman–Crippen MR) is 68.0 cm³/mol. The summed E-state index contributed by atoms with van der Waals surface area (Å²) >= 11 is 5.60. The van der Waals surface area contributed by atoms with E-state index in [0.29, 0.717) is 6.61 Å². The Morgan fingerprint density at radius 3 is 2.71 bits per heavy atom. The van der Waals surface area contributed by atoms with E-state index in [1.54, 1.807) is 0 Å². The molecule has 1 rings (SSSR count). The molecule has 0 saturated heterocycles. The smallest absolute Gasteiger partial charge is 0.326 e. The van der Waals surface area contributed by atoms with Crippen LogP contribution in [0.25, 0.3) is 0 Å². The third kappa shape index (κ3) is 4.84. The van der Waals surface area contributed by atoms with E-state index in [0.717, 1.165) is 6.04 Å². The summed E-state index contributed by atoms with van der Waals surface area (Å²) in [5.74, 6) is 0. The monoisotopic (exact) mass is 277 g/mol. The molecule has 0 unspecified atom stereocenters. The van der Waals surface area contributed by atoms with Gasteiger partial charge in [-0.25, -0.2) is 4.68 Å². The average Bonchev–Trinajstić information content (AvgIpc) is 2.53. The molecule has 8 heteroatoms. The Labute approximate surface area is 106 Å². The number of nitrogens with zero attached hydrogens (tertiary/aromatic N) is 3. The Kier molecular flexibility index (Phi) is 4.67. The van der Waals surface area contributed by atoms with Crippen molar-refractivity contribution in [3.63, 3.8) is 0 Å². The van der Waals surface area contributed by atoms with Gasteiger partial charge >= 0.3 is 5.69 Å². The van der Waals surface area contributed by atoms with Crippen LogP contribution in [-0.2, 0) is 11.5 Å². The lowest BCUT2D eigenvalue weighted by atomic mass is 10.6. The molecule has 0 radical (unpaired) electrons. The van der Waals surface area contributed by atoms with Gasteiger partial charge in [-0.1, -0.05) is 31.2 Å². The van der Waals surface area contributed by atoms with Crippen molar-refractivity contribution in [2.45, 2.75) is 32.4 Å². The molecule has 0 aliphatic rings. The van der Waals surface area contributed by atoms with Gasteiger partial charge in [0.05, 0.1) is 4.92 Å². The van der Waals surface area contributed by atoms with Crippen LogP contribution < -0.4 is 0 Å².